The summed E-state index contributed by atoms with van der Waals surface area (Å²) in [7, 11) is 1.70. The van der Waals surface area contributed by atoms with Gasteiger partial charge in [-0.15, -0.1) is 0 Å². The van der Waals surface area contributed by atoms with E-state index in [1.807, 2.05) is 13.8 Å². The fourth-order valence-corrected chi connectivity index (χ4v) is 4.73. The molecule has 2 rings (SSSR count). The Kier molecular flexibility index (Phi) is 9.73. The summed E-state index contributed by atoms with van der Waals surface area (Å²) >= 11 is 0. The smallest absolute Gasteiger partial charge is 0.311 e. The minimum absolute atomic E-state index is 0.0922. The van der Waals surface area contributed by atoms with E-state index in [4.69, 9.17) is 14.2 Å². The normalized spacial score (nSPS) is 45.0. The maximum absolute atomic E-state index is 12.8. The Morgan fingerprint density at radius 3 is 2.39 bits per heavy atom. The lowest BCUT2D eigenvalue weighted by molar-refractivity contribution is -0.232. The van der Waals surface area contributed by atoms with Gasteiger partial charge in [0.25, 0.3) is 0 Å². The number of rotatable bonds is 2. The molecule has 0 spiro atoms. The molecule has 182 valence electrons. The van der Waals surface area contributed by atoms with Gasteiger partial charge in [-0.1, -0.05) is 13.8 Å². The maximum atomic E-state index is 12.8. The monoisotopic (exact) mass is 445 g/mol. The molecule has 0 aromatic rings. The van der Waals surface area contributed by atoms with Gasteiger partial charge in [-0.25, -0.2) is 0 Å². The number of hydrogen-bond acceptors (Lipinski definition) is 8. The van der Waals surface area contributed by atoms with Crippen molar-refractivity contribution in [1.29, 1.82) is 0 Å². The largest absolute Gasteiger partial charge is 0.462 e. The standard InChI is InChI=1S/C23H43NO7/c1-14-9-16(3)30-20(11-14)31-19-8-7-18(25)10-15(2)12-24(6)22(27)23(5,28)13-29-21(26)17(19)4/h14-20,22,25,27-28H,7-13H2,1-6H3/t14?,15-,16?,17?,18?,19+,20+,22?,23-/m1/s1. The molecule has 2 aliphatic heterocycles. The van der Waals surface area contributed by atoms with Gasteiger partial charge in [0.15, 0.2) is 6.29 Å². The molecule has 3 N–H and O–H groups in total. The maximum Gasteiger partial charge on any atom is 0.311 e. The number of esters is 1. The Balaban J connectivity index is 2.15. The van der Waals surface area contributed by atoms with Crippen molar-refractivity contribution in [3.05, 3.63) is 0 Å². The van der Waals surface area contributed by atoms with Crippen LogP contribution in [-0.2, 0) is 19.0 Å². The Morgan fingerprint density at radius 1 is 1.06 bits per heavy atom. The number of aliphatic hydroxyl groups is 3. The Hall–Kier alpha value is -0.770. The van der Waals surface area contributed by atoms with Crippen molar-refractivity contribution in [3.63, 3.8) is 0 Å². The molecule has 2 aliphatic rings. The van der Waals surface area contributed by atoms with Crippen molar-refractivity contribution < 1.29 is 34.3 Å². The van der Waals surface area contributed by atoms with Crippen LogP contribution < -0.4 is 0 Å². The third-order valence-corrected chi connectivity index (χ3v) is 6.51. The van der Waals surface area contributed by atoms with E-state index in [0.717, 1.165) is 12.8 Å². The van der Waals surface area contributed by atoms with Crippen LogP contribution in [0.3, 0.4) is 0 Å². The molecule has 8 heteroatoms. The number of carbonyl (C=O) groups is 1. The average molecular weight is 446 g/mol. The fourth-order valence-electron chi connectivity index (χ4n) is 4.73. The highest BCUT2D eigenvalue weighted by atomic mass is 16.7. The highest BCUT2D eigenvalue weighted by molar-refractivity contribution is 5.72. The minimum atomic E-state index is -1.62. The van der Waals surface area contributed by atoms with Crippen LogP contribution in [-0.4, -0.2) is 82.8 Å². The predicted octanol–water partition coefficient (Wildman–Crippen LogP) is 1.89. The van der Waals surface area contributed by atoms with E-state index in [0.29, 0.717) is 31.7 Å². The van der Waals surface area contributed by atoms with Gasteiger partial charge in [-0.05, 0) is 65.3 Å². The van der Waals surface area contributed by atoms with E-state index >= 15 is 0 Å². The first-order valence-electron chi connectivity index (χ1n) is 11.6. The summed E-state index contributed by atoms with van der Waals surface area (Å²) in [4.78, 5) is 14.4. The molecule has 0 aliphatic carbocycles. The van der Waals surface area contributed by atoms with Gasteiger partial charge in [0.2, 0.25) is 0 Å². The van der Waals surface area contributed by atoms with Gasteiger partial charge in [0.05, 0.1) is 24.2 Å². The molecular weight excluding hydrogens is 402 g/mol. The molecule has 0 aromatic heterocycles. The third kappa shape index (κ3) is 7.94. The van der Waals surface area contributed by atoms with Crippen LogP contribution in [0.5, 0.6) is 0 Å². The lowest BCUT2D eigenvalue weighted by Crippen LogP contribution is -2.54. The van der Waals surface area contributed by atoms with Crippen molar-refractivity contribution >= 4 is 5.97 Å². The number of ether oxygens (including phenoxy) is 3. The van der Waals surface area contributed by atoms with E-state index in [9.17, 15) is 20.1 Å². The molecule has 5 unspecified atom stereocenters. The molecule has 9 atom stereocenters. The van der Waals surface area contributed by atoms with Crippen molar-refractivity contribution in [2.24, 2.45) is 17.8 Å². The molecule has 8 nitrogen and oxygen atoms in total. The second kappa shape index (κ2) is 11.4. The van der Waals surface area contributed by atoms with Gasteiger partial charge < -0.3 is 29.5 Å². The molecule has 0 bridgehead atoms. The van der Waals surface area contributed by atoms with Crippen LogP contribution in [0, 0.1) is 17.8 Å². The molecule has 0 aromatic carbocycles. The zero-order chi connectivity index (χ0) is 23.3. The fraction of sp³-hybridized carbons (Fsp3) is 0.957. The van der Waals surface area contributed by atoms with Gasteiger partial charge >= 0.3 is 5.97 Å². The molecule has 0 radical (unpaired) electrons. The predicted molar refractivity (Wildman–Crippen MR) is 116 cm³/mol. The van der Waals surface area contributed by atoms with Gasteiger partial charge in [0.1, 0.15) is 18.4 Å². The molecule has 2 heterocycles. The summed E-state index contributed by atoms with van der Waals surface area (Å²) in [5, 5.41) is 31.8. The zero-order valence-corrected chi connectivity index (χ0v) is 20.0. The average Bonchev–Trinajstić information content (AvgIpc) is 2.66. The summed E-state index contributed by atoms with van der Waals surface area (Å²) in [6.07, 6.45) is 0.754. The summed E-state index contributed by atoms with van der Waals surface area (Å²) in [6, 6.07) is 0. The number of cyclic esters (lactones) is 1. The Morgan fingerprint density at radius 2 is 1.74 bits per heavy atom. The lowest BCUT2D eigenvalue weighted by atomic mass is 9.93. The van der Waals surface area contributed by atoms with E-state index in [1.54, 1.807) is 18.9 Å². The summed E-state index contributed by atoms with van der Waals surface area (Å²) in [5.41, 5.74) is -1.62. The number of hydrogen-bond donors (Lipinski definition) is 3. The first kappa shape index (κ1) is 26.5. The minimum Gasteiger partial charge on any atom is -0.462 e. The Bertz CT molecular complexity index is 562. The quantitative estimate of drug-likeness (QED) is 0.553. The molecule has 2 saturated heterocycles. The van der Waals surface area contributed by atoms with Crippen LogP contribution in [0.2, 0.25) is 0 Å². The Labute approximate surface area is 186 Å². The summed E-state index contributed by atoms with van der Waals surface area (Å²) in [6.45, 7) is 9.54. The van der Waals surface area contributed by atoms with Crippen molar-refractivity contribution in [2.75, 3.05) is 20.2 Å². The molecule has 2 fully saturated rings. The van der Waals surface area contributed by atoms with Crippen molar-refractivity contribution in [3.8, 4) is 0 Å². The zero-order valence-electron chi connectivity index (χ0n) is 20.0. The summed E-state index contributed by atoms with van der Waals surface area (Å²) < 4.78 is 17.6. The van der Waals surface area contributed by atoms with E-state index < -0.39 is 42.2 Å². The first-order valence-corrected chi connectivity index (χ1v) is 11.6. The van der Waals surface area contributed by atoms with Crippen LogP contribution >= 0.6 is 0 Å². The summed E-state index contributed by atoms with van der Waals surface area (Å²) in [5.74, 6) is -0.531. The van der Waals surface area contributed by atoms with Crippen LogP contribution in [0.15, 0.2) is 0 Å². The van der Waals surface area contributed by atoms with Crippen molar-refractivity contribution in [2.45, 2.75) is 103 Å². The third-order valence-electron chi connectivity index (χ3n) is 6.51. The molecule has 0 saturated carbocycles. The number of carbonyl (C=O) groups excluding carboxylic acids is 1. The van der Waals surface area contributed by atoms with E-state index in [2.05, 4.69) is 6.92 Å². The van der Waals surface area contributed by atoms with Gasteiger partial charge in [-0.2, -0.15) is 0 Å². The second-order valence-electron chi connectivity index (χ2n) is 10.3. The number of nitrogens with zero attached hydrogens (tertiary/aromatic N) is 1. The second-order valence-corrected chi connectivity index (χ2v) is 10.3. The lowest BCUT2D eigenvalue weighted by Gasteiger charge is -2.38. The van der Waals surface area contributed by atoms with E-state index in [-0.39, 0.29) is 18.6 Å². The molecular formula is C23H43NO7. The number of aliphatic hydroxyl groups excluding tert-OH is 2. The van der Waals surface area contributed by atoms with Crippen LogP contribution in [0.4, 0.5) is 0 Å². The molecule has 0 amide bonds. The van der Waals surface area contributed by atoms with Crippen LogP contribution in [0.1, 0.15) is 66.7 Å². The number of likely N-dealkylation sites (N-methyl/N-ethyl adjacent to an activating group) is 1. The first-order chi connectivity index (χ1) is 14.4. The van der Waals surface area contributed by atoms with Crippen molar-refractivity contribution in [1.82, 2.24) is 4.90 Å². The highest BCUT2D eigenvalue weighted by Crippen LogP contribution is 2.29. The topological polar surface area (TPSA) is 109 Å². The van der Waals surface area contributed by atoms with Gasteiger partial charge in [-0.3, -0.25) is 9.69 Å². The highest BCUT2D eigenvalue weighted by Gasteiger charge is 2.38. The molecule has 31 heavy (non-hydrogen) atoms. The SMILES string of the molecule is CC1CC(C)O[C@@H](O[C@H]2CCC(O)C[C@@H](C)CN(C)C(O)[C@](C)(O)COC(=O)C2C)C1. The van der Waals surface area contributed by atoms with Gasteiger partial charge in [0, 0.05) is 13.0 Å². The van der Waals surface area contributed by atoms with Crippen LogP contribution in [0.25, 0.3) is 0 Å². The van der Waals surface area contributed by atoms with E-state index in [1.165, 1.54) is 6.92 Å².